The molecular formula is C10H14N6O2S. The van der Waals surface area contributed by atoms with Crippen LogP contribution in [0.25, 0.3) is 0 Å². The van der Waals surface area contributed by atoms with Crippen molar-refractivity contribution in [1.82, 2.24) is 24.5 Å². The molecule has 2 aromatic heterocycles. The Kier molecular flexibility index (Phi) is 3.76. The predicted molar refractivity (Wildman–Crippen MR) is 68.8 cm³/mol. The summed E-state index contributed by atoms with van der Waals surface area (Å²) in [5.74, 6) is 0.785. The quantitative estimate of drug-likeness (QED) is 0.803. The molecule has 2 N–H and O–H groups in total. The Labute approximate surface area is 110 Å². The van der Waals surface area contributed by atoms with Crippen molar-refractivity contribution in [2.24, 2.45) is 0 Å². The fourth-order valence-corrected chi connectivity index (χ4v) is 2.83. The van der Waals surface area contributed by atoms with Crippen LogP contribution >= 0.6 is 0 Å². The second-order valence-corrected chi connectivity index (χ2v) is 5.81. The molecule has 0 bridgehead atoms. The molecule has 0 aliphatic rings. The maximum Gasteiger partial charge on any atom is 0.246 e. The van der Waals surface area contributed by atoms with E-state index in [9.17, 15) is 8.42 Å². The van der Waals surface area contributed by atoms with Crippen LogP contribution in [0, 0.1) is 0 Å². The molecular weight excluding hydrogens is 268 g/mol. The van der Waals surface area contributed by atoms with Gasteiger partial charge in [0.25, 0.3) is 0 Å². The first-order valence-corrected chi connectivity index (χ1v) is 6.93. The Morgan fingerprint density at radius 2 is 2.21 bits per heavy atom. The fourth-order valence-electron chi connectivity index (χ4n) is 1.56. The first kappa shape index (κ1) is 13.4. The number of aromatic amines is 1. The van der Waals surface area contributed by atoms with E-state index in [2.05, 4.69) is 25.5 Å². The number of nitrogens with zero attached hydrogens (tertiary/aromatic N) is 4. The van der Waals surface area contributed by atoms with Gasteiger partial charge in [-0.25, -0.2) is 18.4 Å². The van der Waals surface area contributed by atoms with Gasteiger partial charge in [0.15, 0.2) is 0 Å². The molecule has 0 spiro atoms. The van der Waals surface area contributed by atoms with Crippen molar-refractivity contribution in [3.8, 4) is 0 Å². The largest absolute Gasteiger partial charge is 0.372 e. The molecule has 0 atom stereocenters. The summed E-state index contributed by atoms with van der Waals surface area (Å²) in [6.07, 6.45) is 2.86. The molecule has 0 unspecified atom stereocenters. The van der Waals surface area contributed by atoms with Crippen LogP contribution < -0.4 is 5.32 Å². The maximum atomic E-state index is 12.4. The van der Waals surface area contributed by atoms with Crippen molar-refractivity contribution in [3.63, 3.8) is 0 Å². The molecule has 2 heterocycles. The molecule has 0 amide bonds. The zero-order chi connectivity index (χ0) is 13.9. The van der Waals surface area contributed by atoms with Gasteiger partial charge in [-0.05, 0) is 12.1 Å². The topological polar surface area (TPSA) is 104 Å². The van der Waals surface area contributed by atoms with Gasteiger partial charge in [-0.2, -0.15) is 9.40 Å². The average Bonchev–Trinajstić information content (AvgIpc) is 2.91. The molecule has 0 aliphatic heterocycles. The van der Waals surface area contributed by atoms with E-state index in [1.54, 1.807) is 13.1 Å². The molecule has 0 radical (unpaired) electrons. The van der Waals surface area contributed by atoms with Gasteiger partial charge in [-0.1, -0.05) is 0 Å². The minimum atomic E-state index is -3.64. The van der Waals surface area contributed by atoms with Crippen LogP contribution in [0.5, 0.6) is 0 Å². The Hall–Kier alpha value is -2.00. The van der Waals surface area contributed by atoms with Gasteiger partial charge < -0.3 is 5.32 Å². The monoisotopic (exact) mass is 282 g/mol. The van der Waals surface area contributed by atoms with E-state index in [0.717, 1.165) is 0 Å². The zero-order valence-corrected chi connectivity index (χ0v) is 11.3. The molecule has 9 heteroatoms. The summed E-state index contributed by atoms with van der Waals surface area (Å²) in [6, 6.07) is 3.08. The average molecular weight is 282 g/mol. The van der Waals surface area contributed by atoms with Crippen LogP contribution in [0.2, 0.25) is 0 Å². The van der Waals surface area contributed by atoms with Crippen molar-refractivity contribution >= 4 is 15.8 Å². The highest BCUT2D eigenvalue weighted by molar-refractivity contribution is 7.89. The van der Waals surface area contributed by atoms with Gasteiger partial charge in [0.2, 0.25) is 10.0 Å². The molecule has 2 rings (SSSR count). The van der Waals surface area contributed by atoms with E-state index in [0.29, 0.717) is 11.6 Å². The molecule has 8 nitrogen and oxygen atoms in total. The lowest BCUT2D eigenvalue weighted by Crippen LogP contribution is -2.27. The number of sulfonamides is 1. The van der Waals surface area contributed by atoms with Gasteiger partial charge >= 0.3 is 0 Å². The van der Waals surface area contributed by atoms with Crippen molar-refractivity contribution in [2.45, 2.75) is 11.4 Å². The maximum absolute atomic E-state index is 12.4. The van der Waals surface area contributed by atoms with E-state index in [1.807, 2.05) is 0 Å². The third-order valence-electron chi connectivity index (χ3n) is 2.53. The van der Waals surface area contributed by atoms with Crippen molar-refractivity contribution in [1.29, 1.82) is 0 Å². The molecule has 2 aromatic rings. The Balaban J connectivity index is 2.31. The highest BCUT2D eigenvalue weighted by Gasteiger charge is 2.25. The summed E-state index contributed by atoms with van der Waals surface area (Å²) in [6.45, 7) is 0.111. The molecule has 0 fully saturated rings. The van der Waals surface area contributed by atoms with Gasteiger partial charge in [-0.3, -0.25) is 5.10 Å². The third-order valence-corrected chi connectivity index (χ3v) is 4.37. The number of hydrogen-bond donors (Lipinski definition) is 2. The minimum Gasteiger partial charge on any atom is -0.372 e. The van der Waals surface area contributed by atoms with E-state index >= 15 is 0 Å². The molecule has 0 aromatic carbocycles. The van der Waals surface area contributed by atoms with Crippen LogP contribution in [-0.2, 0) is 16.6 Å². The fraction of sp³-hybridized carbons (Fsp3) is 0.300. The lowest BCUT2D eigenvalue weighted by Gasteiger charge is -2.17. The normalized spacial score (nSPS) is 11.7. The van der Waals surface area contributed by atoms with Crippen LogP contribution in [-0.4, -0.2) is 47.0 Å². The number of pyridine rings is 1. The number of anilines is 1. The Morgan fingerprint density at radius 3 is 2.84 bits per heavy atom. The van der Waals surface area contributed by atoms with E-state index in [-0.39, 0.29) is 11.4 Å². The zero-order valence-electron chi connectivity index (χ0n) is 10.5. The lowest BCUT2D eigenvalue weighted by molar-refractivity contribution is 0.457. The van der Waals surface area contributed by atoms with Crippen LogP contribution in [0.1, 0.15) is 5.82 Å². The highest BCUT2D eigenvalue weighted by Crippen LogP contribution is 2.21. The summed E-state index contributed by atoms with van der Waals surface area (Å²) < 4.78 is 26.0. The SMILES string of the molecule is CNc1ncccc1S(=O)(=O)N(C)Cc1ncn[nH]1. The first-order chi connectivity index (χ1) is 9.05. The summed E-state index contributed by atoms with van der Waals surface area (Å²) in [7, 11) is -0.538. The van der Waals surface area contributed by atoms with Gasteiger partial charge in [0.1, 0.15) is 22.9 Å². The second kappa shape index (κ2) is 5.33. The molecule has 0 aliphatic carbocycles. The van der Waals surface area contributed by atoms with Crippen LogP contribution in [0.15, 0.2) is 29.6 Å². The number of nitrogens with one attached hydrogen (secondary N) is 2. The van der Waals surface area contributed by atoms with Gasteiger partial charge in [-0.15, -0.1) is 0 Å². The van der Waals surface area contributed by atoms with Crippen molar-refractivity contribution < 1.29 is 8.42 Å². The summed E-state index contributed by atoms with van der Waals surface area (Å²) in [5, 5.41) is 9.07. The summed E-state index contributed by atoms with van der Waals surface area (Å²) in [5.41, 5.74) is 0. The Bertz CT molecular complexity index is 640. The summed E-state index contributed by atoms with van der Waals surface area (Å²) >= 11 is 0. The van der Waals surface area contributed by atoms with Crippen LogP contribution in [0.3, 0.4) is 0 Å². The summed E-state index contributed by atoms with van der Waals surface area (Å²) in [4.78, 5) is 8.02. The Morgan fingerprint density at radius 1 is 1.42 bits per heavy atom. The van der Waals surface area contributed by atoms with Crippen molar-refractivity contribution in [3.05, 3.63) is 30.5 Å². The first-order valence-electron chi connectivity index (χ1n) is 5.49. The number of H-pyrrole nitrogens is 1. The number of rotatable bonds is 5. The highest BCUT2D eigenvalue weighted by atomic mass is 32.2. The molecule has 102 valence electrons. The van der Waals surface area contributed by atoms with Gasteiger partial charge in [0, 0.05) is 20.3 Å². The van der Waals surface area contributed by atoms with Crippen LogP contribution in [0.4, 0.5) is 5.82 Å². The molecule has 19 heavy (non-hydrogen) atoms. The van der Waals surface area contributed by atoms with Gasteiger partial charge in [0.05, 0.1) is 6.54 Å². The number of hydrogen-bond acceptors (Lipinski definition) is 6. The smallest absolute Gasteiger partial charge is 0.246 e. The van der Waals surface area contributed by atoms with E-state index in [4.69, 9.17) is 0 Å². The number of aromatic nitrogens is 4. The molecule has 0 saturated carbocycles. The van der Waals surface area contributed by atoms with Crippen molar-refractivity contribution in [2.75, 3.05) is 19.4 Å². The minimum absolute atomic E-state index is 0.111. The van der Waals surface area contributed by atoms with E-state index in [1.165, 1.54) is 29.9 Å². The third kappa shape index (κ3) is 2.71. The van der Waals surface area contributed by atoms with E-state index < -0.39 is 10.0 Å². The molecule has 0 saturated heterocycles. The lowest BCUT2D eigenvalue weighted by atomic mass is 10.5. The second-order valence-electron chi connectivity index (χ2n) is 3.79. The predicted octanol–water partition coefficient (Wildman–Crippen LogP) is 0.0621. The standard InChI is InChI=1S/C10H14N6O2S/c1-11-10-8(4-3-5-12-10)19(17,18)16(2)6-9-13-7-14-15-9/h3-5,7H,6H2,1-2H3,(H,11,12)(H,13,14,15).